The van der Waals surface area contributed by atoms with Crippen LogP contribution in [0.5, 0.6) is 11.5 Å². The molecule has 0 aromatic heterocycles. The third-order valence-electron chi connectivity index (χ3n) is 2.76. The number of carbonyl (C=O) groups excluding carboxylic acids is 1. The summed E-state index contributed by atoms with van der Waals surface area (Å²) in [7, 11) is 1.32. The van der Waals surface area contributed by atoms with E-state index in [4.69, 9.17) is 27.9 Å². The van der Waals surface area contributed by atoms with E-state index in [1.165, 1.54) is 43.5 Å². The Balaban J connectivity index is 2.23. The first-order valence-corrected chi connectivity index (χ1v) is 7.05. The molecule has 4 nitrogen and oxygen atoms in total. The zero-order chi connectivity index (χ0) is 17.0. The van der Waals surface area contributed by atoms with Crippen LogP contribution in [0.3, 0.4) is 0 Å². The molecular formula is C15H11Cl2F2NO3. The quantitative estimate of drug-likeness (QED) is 0.827. The molecule has 0 bridgehead atoms. The molecule has 0 aliphatic heterocycles. The molecule has 0 saturated heterocycles. The van der Waals surface area contributed by atoms with Crippen LogP contribution in [0.15, 0.2) is 36.4 Å². The van der Waals surface area contributed by atoms with E-state index in [0.29, 0.717) is 10.0 Å². The minimum Gasteiger partial charge on any atom is -0.493 e. The SMILES string of the molecule is COc1ccc(NC(=O)c2cc(Cl)cc(Cl)c2)cc1OC(F)F. The molecule has 122 valence electrons. The van der Waals surface area contributed by atoms with Crippen LogP contribution in [0.4, 0.5) is 14.5 Å². The zero-order valence-corrected chi connectivity index (χ0v) is 13.3. The second kappa shape index (κ2) is 7.48. The molecule has 0 aliphatic carbocycles. The minimum absolute atomic E-state index is 0.120. The predicted molar refractivity (Wildman–Crippen MR) is 84.0 cm³/mol. The minimum atomic E-state index is -3.01. The number of nitrogens with one attached hydrogen (secondary N) is 1. The van der Waals surface area contributed by atoms with Gasteiger partial charge in [0.05, 0.1) is 7.11 Å². The van der Waals surface area contributed by atoms with Crippen molar-refractivity contribution >= 4 is 34.8 Å². The molecule has 2 aromatic carbocycles. The maximum atomic E-state index is 12.4. The molecule has 0 unspecified atom stereocenters. The number of anilines is 1. The van der Waals surface area contributed by atoms with Gasteiger partial charge in [-0.05, 0) is 30.3 Å². The van der Waals surface area contributed by atoms with Crippen LogP contribution >= 0.6 is 23.2 Å². The van der Waals surface area contributed by atoms with Crippen molar-refractivity contribution in [3.63, 3.8) is 0 Å². The van der Waals surface area contributed by atoms with Crippen LogP contribution < -0.4 is 14.8 Å². The van der Waals surface area contributed by atoms with E-state index in [9.17, 15) is 13.6 Å². The van der Waals surface area contributed by atoms with Gasteiger partial charge < -0.3 is 14.8 Å². The Hall–Kier alpha value is -2.05. The summed E-state index contributed by atoms with van der Waals surface area (Å²) >= 11 is 11.7. The van der Waals surface area contributed by atoms with Gasteiger partial charge in [0.15, 0.2) is 11.5 Å². The average Bonchev–Trinajstić information content (AvgIpc) is 2.46. The highest BCUT2D eigenvalue weighted by Crippen LogP contribution is 2.31. The van der Waals surface area contributed by atoms with Crippen LogP contribution in [0.25, 0.3) is 0 Å². The molecule has 8 heteroatoms. The monoisotopic (exact) mass is 361 g/mol. The molecule has 1 N–H and O–H groups in total. The smallest absolute Gasteiger partial charge is 0.387 e. The van der Waals surface area contributed by atoms with Crippen molar-refractivity contribution in [2.45, 2.75) is 6.61 Å². The lowest BCUT2D eigenvalue weighted by Crippen LogP contribution is -2.12. The molecule has 0 spiro atoms. The molecule has 0 heterocycles. The lowest BCUT2D eigenvalue weighted by molar-refractivity contribution is -0.0511. The fourth-order valence-electron chi connectivity index (χ4n) is 1.83. The van der Waals surface area contributed by atoms with Gasteiger partial charge in [-0.1, -0.05) is 23.2 Å². The average molecular weight is 362 g/mol. The molecule has 0 fully saturated rings. The fraction of sp³-hybridized carbons (Fsp3) is 0.133. The highest BCUT2D eigenvalue weighted by Gasteiger charge is 2.13. The summed E-state index contributed by atoms with van der Waals surface area (Å²) in [5.41, 5.74) is 0.484. The molecule has 2 aromatic rings. The van der Waals surface area contributed by atoms with Crippen LogP contribution in [0.1, 0.15) is 10.4 Å². The lowest BCUT2D eigenvalue weighted by Gasteiger charge is -2.12. The van der Waals surface area contributed by atoms with Gasteiger partial charge in [-0.3, -0.25) is 4.79 Å². The molecule has 2 rings (SSSR count). The summed E-state index contributed by atoms with van der Waals surface area (Å²) in [6.45, 7) is -3.01. The second-order valence-corrected chi connectivity index (χ2v) is 5.23. The van der Waals surface area contributed by atoms with Gasteiger partial charge in [-0.25, -0.2) is 0 Å². The lowest BCUT2D eigenvalue weighted by atomic mass is 10.2. The molecule has 0 atom stereocenters. The van der Waals surface area contributed by atoms with E-state index in [2.05, 4.69) is 10.1 Å². The number of hydrogen-bond donors (Lipinski definition) is 1. The number of amides is 1. The normalized spacial score (nSPS) is 10.5. The Morgan fingerprint density at radius 1 is 1.09 bits per heavy atom. The van der Waals surface area contributed by atoms with Crippen LogP contribution in [0, 0.1) is 0 Å². The molecule has 23 heavy (non-hydrogen) atoms. The number of carbonyl (C=O) groups is 1. The van der Waals surface area contributed by atoms with Crippen molar-refractivity contribution in [3.05, 3.63) is 52.0 Å². The van der Waals surface area contributed by atoms with Crippen molar-refractivity contribution in [2.24, 2.45) is 0 Å². The van der Waals surface area contributed by atoms with E-state index in [1.54, 1.807) is 0 Å². The van der Waals surface area contributed by atoms with Crippen molar-refractivity contribution in [1.82, 2.24) is 0 Å². The van der Waals surface area contributed by atoms with Crippen LogP contribution in [0.2, 0.25) is 10.0 Å². The van der Waals surface area contributed by atoms with Crippen LogP contribution in [-0.2, 0) is 0 Å². The summed E-state index contributed by atoms with van der Waals surface area (Å²) in [6.07, 6.45) is 0. The summed E-state index contributed by atoms with van der Waals surface area (Å²) in [5, 5.41) is 3.15. The number of alkyl halides is 2. The van der Waals surface area contributed by atoms with E-state index >= 15 is 0 Å². The first-order valence-electron chi connectivity index (χ1n) is 6.29. The van der Waals surface area contributed by atoms with Gasteiger partial charge in [0.2, 0.25) is 0 Å². The Labute approximate surface area is 140 Å². The van der Waals surface area contributed by atoms with Gasteiger partial charge in [-0.15, -0.1) is 0 Å². The summed E-state index contributed by atoms with van der Waals surface area (Å²) in [4.78, 5) is 12.2. The molecular weight excluding hydrogens is 351 g/mol. The van der Waals surface area contributed by atoms with Crippen molar-refractivity contribution < 1.29 is 23.0 Å². The number of rotatable bonds is 5. The number of hydrogen-bond acceptors (Lipinski definition) is 3. The molecule has 0 aliphatic rings. The topological polar surface area (TPSA) is 47.6 Å². The van der Waals surface area contributed by atoms with Crippen molar-refractivity contribution in [3.8, 4) is 11.5 Å². The van der Waals surface area contributed by atoms with Gasteiger partial charge in [0.1, 0.15) is 0 Å². The maximum absolute atomic E-state index is 12.4. The Kier molecular flexibility index (Phi) is 5.63. The third-order valence-corrected chi connectivity index (χ3v) is 3.20. The number of methoxy groups -OCH3 is 1. The first-order chi connectivity index (χ1) is 10.9. The highest BCUT2D eigenvalue weighted by molar-refractivity contribution is 6.35. The number of ether oxygens (including phenoxy) is 2. The summed E-state index contributed by atoms with van der Waals surface area (Å²) in [5.74, 6) is -0.568. The first kappa shape index (κ1) is 17.3. The molecule has 1 amide bonds. The highest BCUT2D eigenvalue weighted by atomic mass is 35.5. The molecule has 0 saturated carbocycles. The van der Waals surface area contributed by atoms with E-state index in [1.807, 2.05) is 0 Å². The predicted octanol–water partition coefficient (Wildman–Crippen LogP) is 4.86. The second-order valence-electron chi connectivity index (χ2n) is 4.36. The zero-order valence-electron chi connectivity index (χ0n) is 11.8. The largest absolute Gasteiger partial charge is 0.493 e. The summed E-state index contributed by atoms with van der Waals surface area (Å²) < 4.78 is 34.0. The standard InChI is InChI=1S/C15H11Cl2F2NO3/c1-22-12-3-2-11(7-13(12)23-15(18)19)20-14(21)8-4-9(16)6-10(17)5-8/h2-7,15H,1H3,(H,20,21). The van der Waals surface area contributed by atoms with E-state index < -0.39 is 12.5 Å². The van der Waals surface area contributed by atoms with Crippen LogP contribution in [-0.4, -0.2) is 19.6 Å². The van der Waals surface area contributed by atoms with Gasteiger partial charge in [-0.2, -0.15) is 8.78 Å². The molecule has 0 radical (unpaired) electrons. The van der Waals surface area contributed by atoms with Gasteiger partial charge in [0.25, 0.3) is 5.91 Å². The Bertz CT molecular complexity index is 706. The van der Waals surface area contributed by atoms with Gasteiger partial charge in [0, 0.05) is 27.4 Å². The van der Waals surface area contributed by atoms with E-state index in [-0.39, 0.29) is 22.7 Å². The fourth-order valence-corrected chi connectivity index (χ4v) is 2.36. The summed E-state index contributed by atoms with van der Waals surface area (Å²) in [6, 6.07) is 8.47. The third kappa shape index (κ3) is 4.71. The Morgan fingerprint density at radius 2 is 1.74 bits per heavy atom. The Morgan fingerprint density at radius 3 is 2.30 bits per heavy atom. The van der Waals surface area contributed by atoms with Crippen molar-refractivity contribution in [1.29, 1.82) is 0 Å². The van der Waals surface area contributed by atoms with Gasteiger partial charge >= 0.3 is 6.61 Å². The maximum Gasteiger partial charge on any atom is 0.387 e. The number of halogens is 4. The van der Waals surface area contributed by atoms with Crippen molar-refractivity contribution in [2.75, 3.05) is 12.4 Å². The van der Waals surface area contributed by atoms with E-state index in [0.717, 1.165) is 0 Å². The number of benzene rings is 2.